The zero-order valence-corrected chi connectivity index (χ0v) is 13.8. The van der Waals surface area contributed by atoms with Gasteiger partial charge < -0.3 is 5.32 Å². The predicted octanol–water partition coefficient (Wildman–Crippen LogP) is 4.01. The van der Waals surface area contributed by atoms with Crippen LogP contribution in [-0.4, -0.2) is 23.1 Å². The van der Waals surface area contributed by atoms with E-state index in [0.717, 1.165) is 5.56 Å². The third-order valence-corrected chi connectivity index (χ3v) is 4.14. The molecule has 0 saturated carbocycles. The van der Waals surface area contributed by atoms with Crippen LogP contribution in [0.25, 0.3) is 0 Å². The summed E-state index contributed by atoms with van der Waals surface area (Å²) in [6, 6.07) is 3.28. The molecule has 0 radical (unpaired) electrons. The Labute approximate surface area is 133 Å². The van der Waals surface area contributed by atoms with Crippen LogP contribution >= 0.6 is 34.8 Å². The number of hydrogen-bond donors (Lipinski definition) is 1. The van der Waals surface area contributed by atoms with Crippen molar-refractivity contribution in [2.75, 3.05) is 6.54 Å². The molecule has 1 atom stereocenters. The molecule has 1 aromatic rings. The maximum atomic E-state index is 12.0. The molecule has 0 aliphatic carbocycles. The summed E-state index contributed by atoms with van der Waals surface area (Å²) in [4.78, 5) is 22.9. The van der Waals surface area contributed by atoms with Crippen molar-refractivity contribution in [1.29, 1.82) is 0 Å². The number of carbonyl (C=O) groups excluding carboxylic acids is 2. The van der Waals surface area contributed by atoms with Crippen LogP contribution in [0.5, 0.6) is 0 Å². The molecule has 0 bridgehead atoms. The van der Waals surface area contributed by atoms with Crippen molar-refractivity contribution >= 4 is 46.5 Å². The Kier molecular flexibility index (Phi) is 5.87. The second-order valence-electron chi connectivity index (χ2n) is 4.76. The molecule has 0 aliphatic rings. The first kappa shape index (κ1) is 17.3. The lowest BCUT2D eigenvalue weighted by Crippen LogP contribution is -2.39. The van der Waals surface area contributed by atoms with E-state index in [1.807, 2.05) is 6.92 Å². The number of amides is 1. The maximum absolute atomic E-state index is 12.0. The highest BCUT2D eigenvalue weighted by Crippen LogP contribution is 2.26. The van der Waals surface area contributed by atoms with Crippen LogP contribution in [0.2, 0.25) is 10.0 Å². The van der Waals surface area contributed by atoms with Crippen molar-refractivity contribution in [3.05, 3.63) is 33.3 Å². The fourth-order valence-electron chi connectivity index (χ4n) is 1.55. The standard InChI is InChI=1S/C14H16Cl3NO2/c1-4-14(3,17)11(19)7-18-13(20)12-9(15)5-8(2)6-10(12)16/h5-6H,4,7H2,1-3H3,(H,18,20). The number of alkyl halides is 1. The molecule has 0 saturated heterocycles. The average molecular weight is 337 g/mol. The molecule has 0 spiro atoms. The van der Waals surface area contributed by atoms with Crippen molar-refractivity contribution in [2.24, 2.45) is 0 Å². The molecule has 1 N–H and O–H groups in total. The fraction of sp³-hybridized carbons (Fsp3) is 0.429. The van der Waals surface area contributed by atoms with Crippen molar-refractivity contribution in [2.45, 2.75) is 32.1 Å². The van der Waals surface area contributed by atoms with Gasteiger partial charge in [-0.15, -0.1) is 11.6 Å². The van der Waals surface area contributed by atoms with Gasteiger partial charge in [0.1, 0.15) is 4.87 Å². The van der Waals surface area contributed by atoms with E-state index in [9.17, 15) is 9.59 Å². The molecule has 1 rings (SSSR count). The predicted molar refractivity (Wildman–Crippen MR) is 83.1 cm³/mol. The number of Topliss-reactive ketones (excluding diaryl/α,β-unsaturated/α-hetero) is 1. The van der Waals surface area contributed by atoms with Crippen LogP contribution in [0.4, 0.5) is 0 Å². The first-order valence-electron chi connectivity index (χ1n) is 6.15. The van der Waals surface area contributed by atoms with Crippen molar-refractivity contribution in [3.8, 4) is 0 Å². The van der Waals surface area contributed by atoms with E-state index in [4.69, 9.17) is 34.8 Å². The Morgan fingerprint density at radius 1 is 1.25 bits per heavy atom. The Morgan fingerprint density at radius 3 is 2.20 bits per heavy atom. The first-order valence-corrected chi connectivity index (χ1v) is 7.28. The number of benzene rings is 1. The SMILES string of the molecule is CCC(C)(Cl)C(=O)CNC(=O)c1c(Cl)cc(C)cc1Cl. The molecule has 1 aromatic carbocycles. The van der Waals surface area contributed by atoms with E-state index < -0.39 is 10.8 Å². The summed E-state index contributed by atoms with van der Waals surface area (Å²) in [6.07, 6.45) is 0.481. The quantitative estimate of drug-likeness (QED) is 0.826. The van der Waals surface area contributed by atoms with Crippen molar-refractivity contribution in [1.82, 2.24) is 5.32 Å². The topological polar surface area (TPSA) is 46.2 Å². The van der Waals surface area contributed by atoms with Gasteiger partial charge in [-0.2, -0.15) is 0 Å². The Bertz CT molecular complexity index is 518. The minimum absolute atomic E-state index is 0.160. The summed E-state index contributed by atoms with van der Waals surface area (Å²) >= 11 is 18.0. The lowest BCUT2D eigenvalue weighted by molar-refractivity contribution is -0.120. The van der Waals surface area contributed by atoms with Gasteiger partial charge in [-0.05, 0) is 38.0 Å². The van der Waals surface area contributed by atoms with Crippen LogP contribution in [0.15, 0.2) is 12.1 Å². The van der Waals surface area contributed by atoms with Crippen LogP contribution in [0.3, 0.4) is 0 Å². The van der Waals surface area contributed by atoms with E-state index in [0.29, 0.717) is 6.42 Å². The highest BCUT2D eigenvalue weighted by molar-refractivity contribution is 6.40. The second kappa shape index (κ2) is 6.79. The van der Waals surface area contributed by atoms with Gasteiger partial charge >= 0.3 is 0 Å². The monoisotopic (exact) mass is 335 g/mol. The summed E-state index contributed by atoms with van der Waals surface area (Å²) in [5.41, 5.74) is 1.02. The summed E-state index contributed by atoms with van der Waals surface area (Å²) in [6.45, 7) is 5.09. The summed E-state index contributed by atoms with van der Waals surface area (Å²) in [5.74, 6) is -0.744. The summed E-state index contributed by atoms with van der Waals surface area (Å²) in [5, 5.41) is 3.01. The second-order valence-corrected chi connectivity index (χ2v) is 6.41. The average Bonchev–Trinajstić information content (AvgIpc) is 2.34. The highest BCUT2D eigenvalue weighted by atomic mass is 35.5. The molecule has 3 nitrogen and oxygen atoms in total. The molecular formula is C14H16Cl3NO2. The molecule has 0 fully saturated rings. The Hall–Kier alpha value is -0.770. The number of rotatable bonds is 5. The summed E-state index contributed by atoms with van der Waals surface area (Å²) < 4.78 is 0. The highest BCUT2D eigenvalue weighted by Gasteiger charge is 2.28. The van der Waals surface area contributed by atoms with E-state index >= 15 is 0 Å². The zero-order valence-electron chi connectivity index (χ0n) is 11.5. The normalized spacial score (nSPS) is 13.7. The first-order chi connectivity index (χ1) is 9.19. The van der Waals surface area contributed by atoms with E-state index in [1.54, 1.807) is 26.0 Å². The fourth-order valence-corrected chi connectivity index (χ4v) is 2.38. The van der Waals surface area contributed by atoms with Gasteiger partial charge in [-0.1, -0.05) is 30.1 Å². The maximum Gasteiger partial charge on any atom is 0.254 e. The van der Waals surface area contributed by atoms with E-state index in [1.165, 1.54) is 0 Å². The Morgan fingerprint density at radius 2 is 1.75 bits per heavy atom. The molecule has 110 valence electrons. The largest absolute Gasteiger partial charge is 0.345 e. The van der Waals surface area contributed by atoms with E-state index in [2.05, 4.69) is 5.32 Å². The van der Waals surface area contributed by atoms with Gasteiger partial charge in [-0.25, -0.2) is 0 Å². The van der Waals surface area contributed by atoms with Gasteiger partial charge in [0.25, 0.3) is 5.91 Å². The molecule has 0 heterocycles. The molecule has 20 heavy (non-hydrogen) atoms. The van der Waals surface area contributed by atoms with Crippen molar-refractivity contribution < 1.29 is 9.59 Å². The molecule has 6 heteroatoms. The van der Waals surface area contributed by atoms with Gasteiger partial charge in [0.05, 0.1) is 22.2 Å². The lowest BCUT2D eigenvalue weighted by atomic mass is 10.0. The van der Waals surface area contributed by atoms with Gasteiger partial charge in [0.15, 0.2) is 5.78 Å². The van der Waals surface area contributed by atoms with Crippen LogP contribution in [-0.2, 0) is 4.79 Å². The number of hydrogen-bond acceptors (Lipinski definition) is 2. The van der Waals surface area contributed by atoms with Gasteiger partial charge in [0.2, 0.25) is 0 Å². The minimum atomic E-state index is -0.978. The van der Waals surface area contributed by atoms with E-state index in [-0.39, 0.29) is 27.9 Å². The minimum Gasteiger partial charge on any atom is -0.345 e. The number of halogens is 3. The molecule has 0 aromatic heterocycles. The summed E-state index contributed by atoms with van der Waals surface area (Å²) in [7, 11) is 0. The van der Waals surface area contributed by atoms with Gasteiger partial charge in [-0.3, -0.25) is 9.59 Å². The number of aryl methyl sites for hydroxylation is 1. The zero-order chi connectivity index (χ0) is 15.5. The van der Waals surface area contributed by atoms with Crippen LogP contribution < -0.4 is 5.32 Å². The molecule has 1 unspecified atom stereocenters. The van der Waals surface area contributed by atoms with Gasteiger partial charge in [0, 0.05) is 0 Å². The van der Waals surface area contributed by atoms with Crippen molar-refractivity contribution in [3.63, 3.8) is 0 Å². The van der Waals surface area contributed by atoms with Crippen LogP contribution in [0.1, 0.15) is 36.2 Å². The third kappa shape index (κ3) is 4.11. The number of carbonyl (C=O) groups is 2. The lowest BCUT2D eigenvalue weighted by Gasteiger charge is -2.18. The smallest absolute Gasteiger partial charge is 0.254 e. The van der Waals surface area contributed by atoms with Crippen LogP contribution in [0, 0.1) is 6.92 Å². The Balaban J connectivity index is 2.81. The molecular weight excluding hydrogens is 321 g/mol. The molecule has 0 aliphatic heterocycles. The number of nitrogens with one attached hydrogen (secondary N) is 1. The molecule has 1 amide bonds. The number of ketones is 1. The third-order valence-electron chi connectivity index (χ3n) is 3.07.